The van der Waals surface area contributed by atoms with E-state index < -0.39 is 6.03 Å². The van der Waals surface area contributed by atoms with Crippen LogP contribution in [0.5, 0.6) is 0 Å². The van der Waals surface area contributed by atoms with E-state index in [1.54, 1.807) is 12.1 Å². The van der Waals surface area contributed by atoms with Crippen molar-refractivity contribution < 1.29 is 4.79 Å². The van der Waals surface area contributed by atoms with Gasteiger partial charge in [0.1, 0.15) is 5.36 Å². The lowest BCUT2D eigenvalue weighted by Crippen LogP contribution is -2.32. The van der Waals surface area contributed by atoms with Gasteiger partial charge in [0.25, 0.3) is 0 Å². The number of fused-ring (bicyclic) bond motifs is 2. The average molecular weight is 406 g/mol. The molecule has 0 fully saturated rings. The highest BCUT2D eigenvalue weighted by atomic mass is 35.5. The van der Waals surface area contributed by atoms with Crippen LogP contribution in [0.25, 0.3) is 20.8 Å². The molecular weight excluding hydrogens is 386 g/mol. The van der Waals surface area contributed by atoms with Crippen molar-refractivity contribution in [3.63, 3.8) is 0 Å². The second-order valence-corrected chi connectivity index (χ2v) is 7.92. The molecule has 3 rings (SSSR count). The first-order valence-electron chi connectivity index (χ1n) is 8.36. The molecule has 0 aromatic heterocycles. The summed E-state index contributed by atoms with van der Waals surface area (Å²) in [6.45, 7) is 1.67. The molecule has 9 heteroatoms. The Hall–Kier alpha value is -2.42. The summed E-state index contributed by atoms with van der Waals surface area (Å²) in [6, 6.07) is 8.13. The van der Waals surface area contributed by atoms with Crippen LogP contribution in [0.4, 0.5) is 4.79 Å². The van der Waals surface area contributed by atoms with Crippen molar-refractivity contribution >= 4 is 39.2 Å². The van der Waals surface area contributed by atoms with Crippen LogP contribution in [0.15, 0.2) is 40.2 Å². The molecule has 142 valence electrons. The maximum Gasteiger partial charge on any atom is 0.332 e. The van der Waals surface area contributed by atoms with E-state index in [4.69, 9.17) is 17.3 Å². The van der Waals surface area contributed by atoms with E-state index in [9.17, 15) is 9.59 Å². The summed E-state index contributed by atoms with van der Waals surface area (Å²) < 4.78 is 3.16. The van der Waals surface area contributed by atoms with Crippen LogP contribution in [0, 0.1) is 0 Å². The lowest BCUT2D eigenvalue weighted by Gasteiger charge is -2.19. The van der Waals surface area contributed by atoms with Gasteiger partial charge in [-0.15, -0.1) is 11.3 Å². The van der Waals surface area contributed by atoms with E-state index in [-0.39, 0.29) is 10.8 Å². The number of nitrogens with zero attached hydrogens (tertiary/aromatic N) is 3. The predicted octanol–water partition coefficient (Wildman–Crippen LogP) is 2.26. The summed E-state index contributed by atoms with van der Waals surface area (Å²) in [5.41, 5.74) is 8.66. The van der Waals surface area contributed by atoms with Crippen LogP contribution < -0.4 is 21.9 Å². The monoisotopic (exact) mass is 405 g/mol. The van der Waals surface area contributed by atoms with Gasteiger partial charge in [-0.3, -0.25) is 4.79 Å². The van der Waals surface area contributed by atoms with Crippen molar-refractivity contribution in [2.24, 2.45) is 10.8 Å². The molecule has 1 aliphatic carbocycles. The van der Waals surface area contributed by atoms with E-state index in [1.165, 1.54) is 11.3 Å². The van der Waals surface area contributed by atoms with Crippen molar-refractivity contribution in [3.05, 3.63) is 50.9 Å². The minimum Gasteiger partial charge on any atom is -0.350 e. The number of hydrogen-bond acceptors (Lipinski definition) is 5. The number of carbonyl (C=O) groups is 1. The molecule has 1 aliphatic heterocycles. The molecule has 7 nitrogen and oxygen atoms in total. The minimum absolute atomic E-state index is 0.144. The maximum atomic E-state index is 12.5. The minimum atomic E-state index is -0.815. The van der Waals surface area contributed by atoms with Gasteiger partial charge in [-0.1, -0.05) is 11.6 Å². The third-order valence-electron chi connectivity index (χ3n) is 4.04. The normalized spacial score (nSPS) is 12.2. The molecule has 0 atom stereocenters. The fraction of sp³-hybridized carbons (Fsp3) is 0.278. The number of nitrogens with one attached hydrogen (secondary N) is 1. The molecule has 0 unspecified atom stereocenters. The molecule has 0 saturated heterocycles. The second kappa shape index (κ2) is 8.08. The summed E-state index contributed by atoms with van der Waals surface area (Å²) in [5, 5.41) is 4.59. The molecule has 0 bridgehead atoms. The van der Waals surface area contributed by atoms with Crippen LogP contribution >= 0.6 is 22.9 Å². The zero-order valence-corrected chi connectivity index (χ0v) is 16.6. The van der Waals surface area contributed by atoms with Crippen LogP contribution in [0.3, 0.4) is 0 Å². The van der Waals surface area contributed by atoms with Crippen molar-refractivity contribution in [2.75, 3.05) is 20.6 Å². The van der Waals surface area contributed by atoms with Gasteiger partial charge in [-0.2, -0.15) is 5.10 Å². The molecule has 27 heavy (non-hydrogen) atoms. The number of carbonyl (C=O) groups excluding carboxylic acids is 1. The second-order valence-electron chi connectivity index (χ2n) is 6.40. The Kier molecular flexibility index (Phi) is 5.79. The van der Waals surface area contributed by atoms with Gasteiger partial charge in [-0.05, 0) is 51.3 Å². The highest BCUT2D eigenvalue weighted by Crippen LogP contribution is 2.33. The van der Waals surface area contributed by atoms with Gasteiger partial charge in [0.15, 0.2) is 0 Å². The number of nitrogens with two attached hydrogens (primary N) is 1. The topological polar surface area (TPSA) is 92.7 Å². The van der Waals surface area contributed by atoms with E-state index in [0.717, 1.165) is 40.3 Å². The molecule has 1 aromatic rings. The SMILES string of the molecule is CN(C)CCCn1c2cc(=O)/c(=N\NC(N)=O)cc-2sc2ccc(Cl)cc21. The number of urea groups is 1. The molecular formula is C18H20ClN5O2S. The smallest absolute Gasteiger partial charge is 0.332 e. The van der Waals surface area contributed by atoms with Crippen LogP contribution in [-0.4, -0.2) is 36.1 Å². The number of primary amides is 1. The Morgan fingerprint density at radius 1 is 1.33 bits per heavy atom. The Morgan fingerprint density at radius 3 is 2.81 bits per heavy atom. The lowest BCUT2D eigenvalue weighted by molar-refractivity contribution is 0.249. The Bertz CT molecular complexity index is 1090. The third-order valence-corrected chi connectivity index (χ3v) is 5.38. The van der Waals surface area contributed by atoms with Crippen molar-refractivity contribution in [1.29, 1.82) is 0 Å². The zero-order valence-electron chi connectivity index (χ0n) is 15.0. The van der Waals surface area contributed by atoms with Crippen molar-refractivity contribution in [1.82, 2.24) is 14.9 Å². The summed E-state index contributed by atoms with van der Waals surface area (Å²) in [4.78, 5) is 26.3. The van der Waals surface area contributed by atoms with Crippen molar-refractivity contribution in [2.45, 2.75) is 13.0 Å². The Morgan fingerprint density at radius 2 is 2.11 bits per heavy atom. The molecule has 1 heterocycles. The van der Waals surface area contributed by atoms with E-state index in [1.807, 2.05) is 32.3 Å². The predicted molar refractivity (Wildman–Crippen MR) is 109 cm³/mol. The number of benzene rings is 2. The highest BCUT2D eigenvalue weighted by molar-refractivity contribution is 7.21. The van der Waals surface area contributed by atoms with E-state index in [0.29, 0.717) is 5.02 Å². The lowest BCUT2D eigenvalue weighted by atomic mass is 10.2. The summed E-state index contributed by atoms with van der Waals surface area (Å²) in [6.07, 6.45) is 0.923. The van der Waals surface area contributed by atoms with Gasteiger partial charge in [-0.25, -0.2) is 10.2 Å². The van der Waals surface area contributed by atoms with Gasteiger partial charge in [0.05, 0.1) is 20.8 Å². The van der Waals surface area contributed by atoms with Gasteiger partial charge >= 0.3 is 6.03 Å². The van der Waals surface area contributed by atoms with E-state index in [2.05, 4.69) is 20.0 Å². The van der Waals surface area contributed by atoms with Crippen LogP contribution in [0.2, 0.25) is 5.02 Å². The Labute approximate surface area is 165 Å². The number of rotatable bonds is 5. The van der Waals surface area contributed by atoms with Gasteiger partial charge in [0, 0.05) is 17.6 Å². The van der Waals surface area contributed by atoms with Crippen LogP contribution in [-0.2, 0) is 6.54 Å². The zero-order chi connectivity index (χ0) is 19.6. The summed E-state index contributed by atoms with van der Waals surface area (Å²) in [7, 11) is 4.06. The number of aromatic nitrogens is 1. The molecule has 0 saturated carbocycles. The highest BCUT2D eigenvalue weighted by Gasteiger charge is 2.14. The van der Waals surface area contributed by atoms with Crippen molar-refractivity contribution in [3.8, 4) is 10.6 Å². The molecule has 0 radical (unpaired) electrons. The standard InChI is InChI=1S/C18H20ClN5O2S/c1-23(2)6-3-7-24-13-8-11(19)4-5-16(13)27-17-9-12(21-22-18(20)26)15(25)10-14(17)24/h4-5,8-10H,3,6-7H2,1-2H3,(H3,20,22,26)/b21-12-. The summed E-state index contributed by atoms with van der Waals surface area (Å²) in [5.74, 6) is 0. The first-order valence-corrected chi connectivity index (χ1v) is 9.55. The first kappa shape index (κ1) is 19.3. The third kappa shape index (κ3) is 4.47. The number of hydrogen-bond donors (Lipinski definition) is 2. The number of amides is 2. The number of halogens is 1. The molecule has 3 N–H and O–H groups in total. The molecule has 2 aliphatic rings. The first-order chi connectivity index (χ1) is 12.8. The van der Waals surface area contributed by atoms with E-state index >= 15 is 0 Å². The fourth-order valence-electron chi connectivity index (χ4n) is 2.86. The number of aryl methyl sites for hydroxylation is 1. The largest absolute Gasteiger partial charge is 0.350 e. The molecule has 0 spiro atoms. The van der Waals surface area contributed by atoms with Gasteiger partial charge in [0.2, 0.25) is 5.43 Å². The maximum absolute atomic E-state index is 12.5. The summed E-state index contributed by atoms with van der Waals surface area (Å²) >= 11 is 7.75. The average Bonchev–Trinajstić information content (AvgIpc) is 2.60. The molecule has 2 amide bonds. The Balaban J connectivity index is 2.22. The molecule has 1 aromatic carbocycles. The fourth-order valence-corrected chi connectivity index (χ4v) is 4.11. The quantitative estimate of drug-likeness (QED) is 0.503. The van der Waals surface area contributed by atoms with Gasteiger partial charge < -0.3 is 15.2 Å². The van der Waals surface area contributed by atoms with Crippen LogP contribution in [0.1, 0.15) is 6.42 Å².